The lowest BCUT2D eigenvalue weighted by Crippen LogP contribution is -2.32. The number of para-hydroxylation sites is 1. The van der Waals surface area contributed by atoms with Gasteiger partial charge in [-0.15, -0.1) is 11.8 Å². The maximum absolute atomic E-state index is 13.6. The third-order valence-corrected chi connectivity index (χ3v) is 10.3. The molecule has 1 amide bonds. The standard InChI is InChI=1S/C34H54N5O6PS/c1-2-3-4-5-6-7-8-9-10-11-12-13-14-15-19-22-31(40)36-24-25-37-46(42,45-29-20-17-16-18-21-29)43-27-33-44-32(28-47-33)39-26-23-30(35)38-34(39)41/h9-10,16-18,20-21,23,26,32-33H,2-8,11-15,19,22,24-25,27-28H2,1H3,(H,36,40)(H,37,42)(H2,35,38,41)/b10-9-/t32-,33+,46?/m0/s1. The van der Waals surface area contributed by atoms with Gasteiger partial charge in [0.25, 0.3) is 0 Å². The molecule has 2 heterocycles. The highest BCUT2D eigenvalue weighted by molar-refractivity contribution is 8.00. The van der Waals surface area contributed by atoms with E-state index in [2.05, 4.69) is 34.5 Å². The van der Waals surface area contributed by atoms with Gasteiger partial charge < -0.3 is 20.3 Å². The van der Waals surface area contributed by atoms with Crippen LogP contribution in [0.5, 0.6) is 5.75 Å². The molecular formula is C34H54N5O6PS. The largest absolute Gasteiger partial charge is 0.458 e. The lowest BCUT2D eigenvalue weighted by atomic mass is 10.1. The molecule has 3 atom stereocenters. The van der Waals surface area contributed by atoms with Gasteiger partial charge in [-0.2, -0.15) is 4.98 Å². The van der Waals surface area contributed by atoms with Crippen molar-refractivity contribution < 1.29 is 23.1 Å². The van der Waals surface area contributed by atoms with Gasteiger partial charge in [0.15, 0.2) is 0 Å². The Morgan fingerprint density at radius 1 is 1.02 bits per heavy atom. The summed E-state index contributed by atoms with van der Waals surface area (Å²) in [5.74, 6) is 0.980. The highest BCUT2D eigenvalue weighted by atomic mass is 32.2. The Morgan fingerprint density at radius 3 is 2.40 bits per heavy atom. The van der Waals surface area contributed by atoms with E-state index >= 15 is 0 Å². The fraction of sp³-hybridized carbons (Fsp3) is 0.618. The summed E-state index contributed by atoms with van der Waals surface area (Å²) in [5, 5.41) is 5.73. The molecule has 262 valence electrons. The third kappa shape index (κ3) is 16.4. The summed E-state index contributed by atoms with van der Waals surface area (Å²) >= 11 is 1.43. The number of nitrogen functional groups attached to an aromatic ring is 1. The van der Waals surface area contributed by atoms with E-state index in [1.807, 2.05) is 6.07 Å². The predicted molar refractivity (Wildman–Crippen MR) is 190 cm³/mol. The molecule has 0 aliphatic carbocycles. The maximum Gasteiger partial charge on any atom is 0.458 e. The van der Waals surface area contributed by atoms with Crippen molar-refractivity contribution in [3.63, 3.8) is 0 Å². The summed E-state index contributed by atoms with van der Waals surface area (Å²) in [7, 11) is -3.81. The number of anilines is 1. The fourth-order valence-electron chi connectivity index (χ4n) is 5.04. The molecule has 1 saturated heterocycles. The molecule has 4 N–H and O–H groups in total. The number of aromatic nitrogens is 2. The van der Waals surface area contributed by atoms with E-state index in [1.165, 1.54) is 86.4 Å². The zero-order valence-corrected chi connectivity index (χ0v) is 29.6. The Morgan fingerprint density at radius 2 is 1.70 bits per heavy atom. The van der Waals surface area contributed by atoms with Crippen LogP contribution in [0.1, 0.15) is 103 Å². The van der Waals surface area contributed by atoms with Crippen molar-refractivity contribution in [1.82, 2.24) is 20.0 Å². The summed E-state index contributed by atoms with van der Waals surface area (Å²) in [6, 6.07) is 10.3. The van der Waals surface area contributed by atoms with Crippen molar-refractivity contribution in [2.75, 3.05) is 31.2 Å². The zero-order valence-electron chi connectivity index (χ0n) is 27.9. The number of thioether (sulfide) groups is 1. The lowest BCUT2D eigenvalue weighted by Gasteiger charge is -2.22. The van der Waals surface area contributed by atoms with Crippen molar-refractivity contribution in [2.24, 2.45) is 0 Å². The number of ether oxygens (including phenoxy) is 1. The quantitative estimate of drug-likeness (QED) is 0.0548. The number of amides is 1. The Balaban J connectivity index is 1.28. The summed E-state index contributed by atoms with van der Waals surface area (Å²) in [6.07, 6.45) is 21.9. The summed E-state index contributed by atoms with van der Waals surface area (Å²) in [6.45, 7) is 2.68. The number of nitrogens with one attached hydrogen (secondary N) is 2. The number of carbonyl (C=O) groups excluding carboxylic acids is 1. The van der Waals surface area contributed by atoms with Crippen LogP contribution in [-0.4, -0.2) is 46.3 Å². The van der Waals surface area contributed by atoms with Gasteiger partial charge in [0.1, 0.15) is 23.2 Å². The minimum absolute atomic E-state index is 0.0293. The van der Waals surface area contributed by atoms with Crippen LogP contribution in [0.3, 0.4) is 0 Å². The highest BCUT2D eigenvalue weighted by Gasteiger charge is 2.33. The number of benzene rings is 1. The first-order valence-electron chi connectivity index (χ1n) is 17.2. The normalized spacial score (nSPS) is 17.6. The van der Waals surface area contributed by atoms with Crippen molar-refractivity contribution >= 4 is 31.2 Å². The Hall–Kier alpha value is -2.63. The third-order valence-electron chi connectivity index (χ3n) is 7.66. The molecule has 0 saturated carbocycles. The second kappa shape index (κ2) is 22.9. The highest BCUT2D eigenvalue weighted by Crippen LogP contribution is 2.45. The molecule has 0 bridgehead atoms. The van der Waals surface area contributed by atoms with E-state index in [-0.39, 0.29) is 31.4 Å². The molecule has 47 heavy (non-hydrogen) atoms. The second-order valence-corrected chi connectivity index (χ2v) is 14.6. The number of hydrogen-bond acceptors (Lipinski definition) is 9. The van der Waals surface area contributed by atoms with E-state index in [9.17, 15) is 14.2 Å². The summed E-state index contributed by atoms with van der Waals surface area (Å²) in [5.41, 5.74) is 4.60. The second-order valence-electron chi connectivity index (χ2n) is 11.7. The molecule has 0 spiro atoms. The van der Waals surface area contributed by atoms with E-state index in [0.29, 0.717) is 17.9 Å². The molecular weight excluding hydrogens is 637 g/mol. The number of nitrogens with zero attached hydrogens (tertiary/aromatic N) is 2. The van der Waals surface area contributed by atoms with Crippen LogP contribution in [0.2, 0.25) is 0 Å². The smallest absolute Gasteiger partial charge is 0.413 e. The van der Waals surface area contributed by atoms with Gasteiger partial charge in [0.05, 0.1) is 6.61 Å². The van der Waals surface area contributed by atoms with Gasteiger partial charge in [-0.3, -0.25) is 13.9 Å². The average molecular weight is 692 g/mol. The van der Waals surface area contributed by atoms with Gasteiger partial charge in [-0.25, -0.2) is 14.4 Å². The van der Waals surface area contributed by atoms with Crippen LogP contribution in [0.4, 0.5) is 5.82 Å². The summed E-state index contributed by atoms with van der Waals surface area (Å²) < 4.78 is 32.4. The Kier molecular flexibility index (Phi) is 18.9. The molecule has 11 nitrogen and oxygen atoms in total. The Bertz CT molecular complexity index is 1300. The van der Waals surface area contributed by atoms with Crippen LogP contribution in [0, 0.1) is 0 Å². The van der Waals surface area contributed by atoms with Gasteiger partial charge in [-0.1, -0.05) is 88.6 Å². The van der Waals surface area contributed by atoms with E-state index in [4.69, 9.17) is 19.5 Å². The molecule has 1 unspecified atom stereocenters. The number of unbranched alkanes of at least 4 members (excludes halogenated alkanes) is 11. The molecule has 1 aromatic carbocycles. The number of hydrogen-bond donors (Lipinski definition) is 3. The first-order chi connectivity index (χ1) is 22.9. The van der Waals surface area contributed by atoms with Crippen molar-refractivity contribution in [2.45, 2.75) is 108 Å². The fourth-order valence-corrected chi connectivity index (χ4v) is 7.46. The van der Waals surface area contributed by atoms with E-state index in [1.54, 1.807) is 24.3 Å². The van der Waals surface area contributed by atoms with E-state index in [0.717, 1.165) is 25.7 Å². The lowest BCUT2D eigenvalue weighted by molar-refractivity contribution is -0.121. The minimum atomic E-state index is -3.81. The molecule has 1 fully saturated rings. The number of rotatable bonds is 25. The number of nitrogens with two attached hydrogens (primary N) is 1. The molecule has 1 aliphatic rings. The van der Waals surface area contributed by atoms with Crippen molar-refractivity contribution in [1.29, 1.82) is 0 Å². The SMILES string of the molecule is CCCCCCCC/C=C\CCCCCCCC(=O)NCCNP(=O)(OC[C@@H]1O[C@H](n2ccc(N)nc2=O)CS1)Oc1ccccc1. The van der Waals surface area contributed by atoms with Crippen LogP contribution in [0.25, 0.3) is 0 Å². The first-order valence-corrected chi connectivity index (χ1v) is 19.8. The summed E-state index contributed by atoms with van der Waals surface area (Å²) in [4.78, 5) is 28.3. The molecule has 13 heteroatoms. The molecule has 1 aromatic heterocycles. The van der Waals surface area contributed by atoms with Gasteiger partial charge in [0, 0.05) is 31.5 Å². The van der Waals surface area contributed by atoms with Crippen molar-refractivity contribution in [3.8, 4) is 5.75 Å². The van der Waals surface area contributed by atoms with E-state index < -0.39 is 25.1 Å². The Labute approximate surface area is 284 Å². The minimum Gasteiger partial charge on any atom is -0.413 e. The van der Waals surface area contributed by atoms with Crippen molar-refractivity contribution in [3.05, 3.63) is 65.2 Å². The molecule has 1 aliphatic heterocycles. The van der Waals surface area contributed by atoms with Gasteiger partial charge in [-0.05, 0) is 50.3 Å². The topological polar surface area (TPSA) is 147 Å². The number of allylic oxidation sites excluding steroid dienone is 2. The monoisotopic (exact) mass is 691 g/mol. The van der Waals surface area contributed by atoms with Gasteiger partial charge >= 0.3 is 13.4 Å². The first kappa shape index (κ1) is 38.8. The zero-order chi connectivity index (χ0) is 33.6. The van der Waals surface area contributed by atoms with Gasteiger partial charge in [0.2, 0.25) is 5.91 Å². The molecule has 0 radical (unpaired) electrons. The van der Waals surface area contributed by atoms with Crippen LogP contribution in [0.15, 0.2) is 59.5 Å². The molecule has 2 aromatic rings. The maximum atomic E-state index is 13.6. The average Bonchev–Trinajstić information content (AvgIpc) is 3.53. The van der Waals surface area contributed by atoms with Crippen LogP contribution in [-0.2, 0) is 18.6 Å². The number of carbonyl (C=O) groups is 1. The van der Waals surface area contributed by atoms with Crippen LogP contribution < -0.4 is 26.4 Å². The predicted octanol–water partition coefficient (Wildman–Crippen LogP) is 7.36. The molecule has 3 rings (SSSR count). The van der Waals surface area contributed by atoms with Crippen LogP contribution >= 0.6 is 19.5 Å².